The monoisotopic (exact) mass is 163 g/mol. The van der Waals surface area contributed by atoms with Gasteiger partial charge in [-0.25, -0.2) is 0 Å². The Morgan fingerprint density at radius 2 is 1.44 bits per heavy atom. The molecule has 0 aliphatic rings. The third-order valence-corrected chi connectivity index (χ3v) is 4.75. The van der Waals surface area contributed by atoms with E-state index in [1.54, 1.807) is 21.3 Å². The van der Waals surface area contributed by atoms with Gasteiger partial charge >= 0.3 is 8.80 Å². The lowest BCUT2D eigenvalue weighted by molar-refractivity contribution is 0.129. The van der Waals surface area contributed by atoms with E-state index in [4.69, 9.17) is 13.3 Å². The van der Waals surface area contributed by atoms with Crippen molar-refractivity contribution in [2.75, 3.05) is 21.3 Å². The van der Waals surface area contributed by atoms with Crippen LogP contribution < -0.4 is 0 Å². The van der Waals surface area contributed by atoms with Crippen molar-refractivity contribution >= 4 is 19.0 Å². The first-order valence-corrected chi connectivity index (χ1v) is 5.18. The quantitative estimate of drug-likeness (QED) is 0.546. The molecular weight excluding hydrogens is 152 g/mol. The molecule has 0 unspecified atom stereocenters. The molecule has 0 amide bonds. The van der Waals surface area contributed by atoms with Crippen LogP contribution in [0.1, 0.15) is 0 Å². The smallest absolute Gasteiger partial charge is 0.377 e. The highest BCUT2D eigenvalue weighted by atomic mass is 28.4. The summed E-state index contributed by atoms with van der Waals surface area (Å²) < 4.78 is 15.1. The van der Waals surface area contributed by atoms with Gasteiger partial charge in [-0.1, -0.05) is 0 Å². The minimum Gasteiger partial charge on any atom is -0.377 e. The molecule has 0 spiro atoms. The van der Waals surface area contributed by atoms with Gasteiger partial charge in [-0.3, -0.25) is 0 Å². The first kappa shape index (κ1) is 9.31. The molecule has 0 saturated carbocycles. The molecule has 0 aliphatic carbocycles. The normalized spacial score (nSPS) is 12.0. The van der Waals surface area contributed by atoms with Gasteiger partial charge in [0.15, 0.2) is 0 Å². The van der Waals surface area contributed by atoms with Gasteiger partial charge in [0, 0.05) is 37.2 Å². The zero-order valence-corrected chi connectivity index (χ0v) is 7.93. The Hall–Kier alpha value is 0.314. The molecule has 0 N–H and O–H groups in total. The van der Waals surface area contributed by atoms with E-state index in [2.05, 4.69) is 10.2 Å². The Labute approximate surface area is 60.1 Å². The van der Waals surface area contributed by atoms with Crippen molar-refractivity contribution in [2.45, 2.75) is 5.67 Å². The van der Waals surface area contributed by atoms with Gasteiger partial charge in [0.05, 0.1) is 0 Å². The summed E-state index contributed by atoms with van der Waals surface area (Å²) >= 11 is 0. The third-order valence-electron chi connectivity index (χ3n) is 1.15. The number of rotatable bonds is 4. The molecule has 0 aromatic heterocycles. The van der Waals surface area contributed by atoms with Crippen molar-refractivity contribution in [3.63, 3.8) is 0 Å². The zero-order chi connectivity index (χ0) is 7.33. The van der Waals surface area contributed by atoms with Crippen LogP contribution in [0.5, 0.6) is 0 Å². The maximum atomic E-state index is 5.03. The summed E-state index contributed by atoms with van der Waals surface area (Å²) in [5.74, 6) is 0. The maximum absolute atomic E-state index is 5.03. The molecule has 0 rings (SSSR count). The fraction of sp³-hybridized carbons (Fsp3) is 1.00. The van der Waals surface area contributed by atoms with Gasteiger partial charge in [-0.2, -0.15) is 0 Å². The molecular formula is C4H11O3Si2. The first-order chi connectivity index (χ1) is 4.24. The molecule has 0 atom stereocenters. The summed E-state index contributed by atoms with van der Waals surface area (Å²) in [6.07, 6.45) is 0. The average Bonchev–Trinajstić information content (AvgIpc) is 1.95. The second-order valence-corrected chi connectivity index (χ2v) is 5.48. The fourth-order valence-electron chi connectivity index (χ4n) is 0.467. The van der Waals surface area contributed by atoms with E-state index in [0.29, 0.717) is 5.67 Å². The minimum absolute atomic E-state index is 0.622. The highest BCUT2D eigenvalue weighted by molar-refractivity contribution is 6.67. The molecule has 53 valence electrons. The van der Waals surface area contributed by atoms with Crippen LogP contribution in [-0.2, 0) is 13.3 Å². The van der Waals surface area contributed by atoms with Crippen molar-refractivity contribution in [2.24, 2.45) is 0 Å². The van der Waals surface area contributed by atoms with Gasteiger partial charge in [-0.15, -0.1) is 0 Å². The predicted octanol–water partition coefficient (Wildman–Crippen LogP) is -0.00950. The number of hydrogen-bond donors (Lipinski definition) is 0. The standard InChI is InChI=1S/C4H11O3Si2/c1-5-9(4-8,6-2)7-3/h4H2,1-3H3. The highest BCUT2D eigenvalue weighted by Gasteiger charge is 2.34. The lowest BCUT2D eigenvalue weighted by atomic mass is 11.8. The second-order valence-electron chi connectivity index (χ2n) is 1.47. The Balaban J connectivity index is 3.82. The zero-order valence-electron chi connectivity index (χ0n) is 5.93. The number of hydrogen-bond acceptors (Lipinski definition) is 3. The van der Waals surface area contributed by atoms with E-state index in [9.17, 15) is 0 Å². The molecule has 0 aromatic carbocycles. The van der Waals surface area contributed by atoms with Gasteiger partial charge < -0.3 is 13.3 Å². The van der Waals surface area contributed by atoms with E-state index in [0.717, 1.165) is 0 Å². The Morgan fingerprint density at radius 3 is 1.44 bits per heavy atom. The summed E-state index contributed by atoms with van der Waals surface area (Å²) in [4.78, 5) is 0. The van der Waals surface area contributed by atoms with E-state index in [-0.39, 0.29) is 0 Å². The molecule has 3 nitrogen and oxygen atoms in total. The van der Waals surface area contributed by atoms with Crippen LogP contribution >= 0.6 is 0 Å². The van der Waals surface area contributed by atoms with Crippen molar-refractivity contribution in [3.8, 4) is 0 Å². The van der Waals surface area contributed by atoms with Crippen molar-refractivity contribution in [3.05, 3.63) is 0 Å². The van der Waals surface area contributed by atoms with Gasteiger partial charge in [-0.05, 0) is 0 Å². The topological polar surface area (TPSA) is 27.7 Å². The van der Waals surface area contributed by atoms with E-state index in [1.165, 1.54) is 0 Å². The van der Waals surface area contributed by atoms with E-state index in [1.807, 2.05) is 0 Å². The lowest BCUT2D eigenvalue weighted by Gasteiger charge is -2.22. The third kappa shape index (κ3) is 2.19. The lowest BCUT2D eigenvalue weighted by Crippen LogP contribution is -2.42. The Bertz CT molecular complexity index is 56.7. The molecule has 0 aliphatic heterocycles. The van der Waals surface area contributed by atoms with Crippen molar-refractivity contribution in [1.82, 2.24) is 0 Å². The van der Waals surface area contributed by atoms with Crippen molar-refractivity contribution < 1.29 is 13.3 Å². The SMILES string of the molecule is CO[Si](C[Si])(OC)OC. The van der Waals surface area contributed by atoms with Crippen LogP contribution in [-0.4, -0.2) is 40.4 Å². The van der Waals surface area contributed by atoms with Gasteiger partial charge in [0.1, 0.15) is 0 Å². The van der Waals surface area contributed by atoms with Gasteiger partial charge in [0.25, 0.3) is 0 Å². The summed E-state index contributed by atoms with van der Waals surface area (Å²) in [5, 5.41) is 0. The van der Waals surface area contributed by atoms with Gasteiger partial charge in [0.2, 0.25) is 0 Å². The Morgan fingerprint density at radius 1 is 1.11 bits per heavy atom. The van der Waals surface area contributed by atoms with Crippen LogP contribution in [0.25, 0.3) is 0 Å². The first-order valence-electron chi connectivity index (χ1n) is 2.54. The predicted molar refractivity (Wildman–Crippen MR) is 37.3 cm³/mol. The second kappa shape index (κ2) is 4.18. The average molecular weight is 163 g/mol. The molecule has 0 heterocycles. The molecule has 0 aromatic rings. The molecule has 3 radical (unpaired) electrons. The van der Waals surface area contributed by atoms with Crippen LogP contribution in [0, 0.1) is 0 Å². The van der Waals surface area contributed by atoms with Crippen LogP contribution in [0.3, 0.4) is 0 Å². The summed E-state index contributed by atoms with van der Waals surface area (Å²) in [6.45, 7) is 0. The van der Waals surface area contributed by atoms with Crippen LogP contribution in [0.4, 0.5) is 0 Å². The molecule has 0 saturated heterocycles. The largest absolute Gasteiger partial charge is 0.496 e. The molecule has 0 bridgehead atoms. The molecule has 0 fully saturated rings. The van der Waals surface area contributed by atoms with E-state index < -0.39 is 8.80 Å². The van der Waals surface area contributed by atoms with Crippen LogP contribution in [0.15, 0.2) is 0 Å². The fourth-order valence-corrected chi connectivity index (χ4v) is 2.70. The molecule has 9 heavy (non-hydrogen) atoms. The highest BCUT2D eigenvalue weighted by Crippen LogP contribution is 2.08. The summed E-state index contributed by atoms with van der Waals surface area (Å²) in [6, 6.07) is 0. The van der Waals surface area contributed by atoms with E-state index >= 15 is 0 Å². The minimum atomic E-state index is -2.28. The summed E-state index contributed by atoms with van der Waals surface area (Å²) in [5.41, 5.74) is 0.622. The van der Waals surface area contributed by atoms with Crippen LogP contribution in [0.2, 0.25) is 5.67 Å². The molecule has 5 heteroatoms. The van der Waals surface area contributed by atoms with Crippen molar-refractivity contribution in [1.29, 1.82) is 0 Å². The maximum Gasteiger partial charge on any atom is 0.496 e. The summed E-state index contributed by atoms with van der Waals surface area (Å²) in [7, 11) is 5.76. The Kier molecular flexibility index (Phi) is 4.33.